The van der Waals surface area contributed by atoms with Crippen LogP contribution in [0.2, 0.25) is 0 Å². The lowest BCUT2D eigenvalue weighted by molar-refractivity contribution is 0.282. The normalized spacial score (nSPS) is 16.1. The van der Waals surface area contributed by atoms with Crippen molar-refractivity contribution in [3.8, 4) is 0 Å². The Morgan fingerprint density at radius 3 is 2.75 bits per heavy atom. The van der Waals surface area contributed by atoms with Crippen LogP contribution in [0.15, 0.2) is 24.3 Å². The number of sulfonamides is 1. The molecule has 1 aliphatic rings. The molecule has 88 valence electrons. The maximum absolute atomic E-state index is 11.7. The summed E-state index contributed by atoms with van der Waals surface area (Å²) in [5.41, 5.74) is 1.22. The molecule has 0 atom stereocenters. The maximum Gasteiger partial charge on any atom is 0.232 e. The van der Waals surface area contributed by atoms with Gasteiger partial charge in [-0.25, -0.2) is 8.42 Å². The fourth-order valence-electron chi connectivity index (χ4n) is 1.55. The van der Waals surface area contributed by atoms with Crippen molar-refractivity contribution in [2.24, 2.45) is 5.92 Å². The van der Waals surface area contributed by atoms with Crippen molar-refractivity contribution in [3.63, 3.8) is 0 Å². The van der Waals surface area contributed by atoms with Crippen LogP contribution >= 0.6 is 0 Å². The summed E-state index contributed by atoms with van der Waals surface area (Å²) in [6, 6.07) is 6.80. The van der Waals surface area contributed by atoms with E-state index < -0.39 is 10.0 Å². The summed E-state index contributed by atoms with van der Waals surface area (Å²) < 4.78 is 25.9. The van der Waals surface area contributed by atoms with Gasteiger partial charge in [-0.2, -0.15) is 0 Å². The topological polar surface area (TPSA) is 66.4 Å². The van der Waals surface area contributed by atoms with Gasteiger partial charge in [0.15, 0.2) is 0 Å². The van der Waals surface area contributed by atoms with E-state index in [4.69, 9.17) is 5.11 Å². The fourth-order valence-corrected chi connectivity index (χ4v) is 3.07. The third-order valence-corrected chi connectivity index (χ3v) is 3.99. The van der Waals surface area contributed by atoms with E-state index in [1.54, 1.807) is 24.3 Å². The summed E-state index contributed by atoms with van der Waals surface area (Å²) in [4.78, 5) is 0. The van der Waals surface area contributed by atoms with Gasteiger partial charge in [-0.15, -0.1) is 0 Å². The van der Waals surface area contributed by atoms with E-state index in [9.17, 15) is 8.42 Å². The SMILES string of the molecule is O=S(=O)(CC1CC1)Nc1cccc(CO)c1. The highest BCUT2D eigenvalue weighted by molar-refractivity contribution is 7.92. The second kappa shape index (κ2) is 4.43. The zero-order valence-corrected chi connectivity index (χ0v) is 9.70. The molecule has 0 bridgehead atoms. The van der Waals surface area contributed by atoms with Crippen molar-refractivity contribution in [3.05, 3.63) is 29.8 Å². The molecular formula is C11H15NO3S. The summed E-state index contributed by atoms with van der Waals surface area (Å²) in [7, 11) is -3.23. The first-order chi connectivity index (χ1) is 7.59. The van der Waals surface area contributed by atoms with E-state index in [0.717, 1.165) is 12.8 Å². The molecule has 2 N–H and O–H groups in total. The third-order valence-electron chi connectivity index (χ3n) is 2.53. The molecule has 0 radical (unpaired) electrons. The molecular weight excluding hydrogens is 226 g/mol. The first-order valence-electron chi connectivity index (χ1n) is 5.29. The lowest BCUT2D eigenvalue weighted by atomic mass is 10.2. The second-order valence-corrected chi connectivity index (χ2v) is 5.95. The molecule has 1 saturated carbocycles. The molecule has 1 aliphatic carbocycles. The quantitative estimate of drug-likeness (QED) is 0.817. The molecule has 1 aromatic rings. The molecule has 2 rings (SSSR count). The zero-order valence-electron chi connectivity index (χ0n) is 8.89. The lowest BCUT2D eigenvalue weighted by Crippen LogP contribution is -2.17. The number of benzene rings is 1. The Morgan fingerprint density at radius 1 is 1.38 bits per heavy atom. The van der Waals surface area contributed by atoms with Gasteiger partial charge >= 0.3 is 0 Å². The number of aliphatic hydroxyl groups excluding tert-OH is 1. The van der Waals surface area contributed by atoms with E-state index in [1.165, 1.54) is 0 Å². The van der Waals surface area contributed by atoms with Gasteiger partial charge in [0.1, 0.15) is 0 Å². The summed E-state index contributed by atoms with van der Waals surface area (Å²) in [6.07, 6.45) is 2.02. The molecule has 0 heterocycles. The molecule has 0 aromatic heterocycles. The third kappa shape index (κ3) is 3.21. The number of hydrogen-bond acceptors (Lipinski definition) is 3. The average molecular weight is 241 g/mol. The van der Waals surface area contributed by atoms with Crippen LogP contribution in [0.4, 0.5) is 5.69 Å². The van der Waals surface area contributed by atoms with E-state index in [-0.39, 0.29) is 12.4 Å². The monoisotopic (exact) mass is 241 g/mol. The number of nitrogens with one attached hydrogen (secondary N) is 1. The smallest absolute Gasteiger partial charge is 0.232 e. The Kier molecular flexibility index (Phi) is 3.16. The van der Waals surface area contributed by atoms with E-state index in [0.29, 0.717) is 17.2 Å². The van der Waals surface area contributed by atoms with Gasteiger partial charge in [0.05, 0.1) is 12.4 Å². The summed E-state index contributed by atoms with van der Waals surface area (Å²) in [5, 5.41) is 8.94. The van der Waals surface area contributed by atoms with Crippen LogP contribution in [0, 0.1) is 5.92 Å². The van der Waals surface area contributed by atoms with E-state index in [1.807, 2.05) is 0 Å². The van der Waals surface area contributed by atoms with Crippen molar-refractivity contribution in [1.82, 2.24) is 0 Å². The molecule has 0 spiro atoms. The van der Waals surface area contributed by atoms with Gasteiger partial charge in [-0.3, -0.25) is 4.72 Å². The van der Waals surface area contributed by atoms with Crippen LogP contribution < -0.4 is 4.72 Å². The van der Waals surface area contributed by atoms with Crippen LogP contribution in [-0.2, 0) is 16.6 Å². The lowest BCUT2D eigenvalue weighted by Gasteiger charge is -2.08. The minimum Gasteiger partial charge on any atom is -0.392 e. The van der Waals surface area contributed by atoms with Crippen molar-refractivity contribution in [1.29, 1.82) is 0 Å². The second-order valence-electron chi connectivity index (χ2n) is 4.19. The average Bonchev–Trinajstić information content (AvgIpc) is 3.00. The number of rotatable bonds is 5. The minimum absolute atomic E-state index is 0.0851. The molecule has 16 heavy (non-hydrogen) atoms. The number of anilines is 1. The largest absolute Gasteiger partial charge is 0.392 e. The predicted octanol–water partition coefficient (Wildman–Crippen LogP) is 1.33. The van der Waals surface area contributed by atoms with Gasteiger partial charge in [0, 0.05) is 5.69 Å². The van der Waals surface area contributed by atoms with Gasteiger partial charge < -0.3 is 5.11 Å². The van der Waals surface area contributed by atoms with Gasteiger partial charge in [0.25, 0.3) is 0 Å². The molecule has 0 aliphatic heterocycles. The molecule has 0 saturated heterocycles. The van der Waals surface area contributed by atoms with Crippen molar-refractivity contribution < 1.29 is 13.5 Å². The van der Waals surface area contributed by atoms with Crippen LogP contribution in [0.5, 0.6) is 0 Å². The van der Waals surface area contributed by atoms with Gasteiger partial charge in [-0.05, 0) is 36.5 Å². The van der Waals surface area contributed by atoms with Crippen LogP contribution in [0.25, 0.3) is 0 Å². The standard InChI is InChI=1S/C11H15NO3S/c13-7-10-2-1-3-11(6-10)12-16(14,15)8-9-4-5-9/h1-3,6,9,12-13H,4-5,7-8H2. The molecule has 0 amide bonds. The predicted molar refractivity (Wildman–Crippen MR) is 62.5 cm³/mol. The Balaban J connectivity index is 2.06. The number of aliphatic hydroxyl groups is 1. The highest BCUT2D eigenvalue weighted by Gasteiger charge is 2.27. The van der Waals surface area contributed by atoms with Gasteiger partial charge in [-0.1, -0.05) is 12.1 Å². The van der Waals surface area contributed by atoms with Crippen molar-refractivity contribution in [2.75, 3.05) is 10.5 Å². The molecule has 0 unspecified atom stereocenters. The Labute approximate surface area is 95.4 Å². The number of hydrogen-bond donors (Lipinski definition) is 2. The van der Waals surface area contributed by atoms with Crippen molar-refractivity contribution in [2.45, 2.75) is 19.4 Å². The van der Waals surface area contributed by atoms with Crippen molar-refractivity contribution >= 4 is 15.7 Å². The van der Waals surface area contributed by atoms with Crippen LogP contribution in [0.1, 0.15) is 18.4 Å². The molecule has 4 nitrogen and oxygen atoms in total. The zero-order chi connectivity index (χ0) is 11.6. The van der Waals surface area contributed by atoms with E-state index in [2.05, 4.69) is 4.72 Å². The fraction of sp³-hybridized carbons (Fsp3) is 0.455. The molecule has 1 aromatic carbocycles. The van der Waals surface area contributed by atoms with Crippen LogP contribution in [0.3, 0.4) is 0 Å². The van der Waals surface area contributed by atoms with Gasteiger partial charge in [0.2, 0.25) is 10.0 Å². The summed E-state index contributed by atoms with van der Waals surface area (Å²) in [5.74, 6) is 0.537. The first kappa shape index (κ1) is 11.4. The minimum atomic E-state index is -3.23. The highest BCUT2D eigenvalue weighted by atomic mass is 32.2. The molecule has 1 fully saturated rings. The Hall–Kier alpha value is -1.07. The maximum atomic E-state index is 11.7. The Bertz CT molecular complexity index is 466. The molecule has 5 heteroatoms. The van der Waals surface area contributed by atoms with Crippen LogP contribution in [-0.4, -0.2) is 19.3 Å². The summed E-state index contributed by atoms with van der Waals surface area (Å²) in [6.45, 7) is -0.0851. The Morgan fingerprint density at radius 2 is 2.12 bits per heavy atom. The summed E-state index contributed by atoms with van der Waals surface area (Å²) >= 11 is 0. The first-order valence-corrected chi connectivity index (χ1v) is 6.94. The highest BCUT2D eigenvalue weighted by Crippen LogP contribution is 2.30. The van der Waals surface area contributed by atoms with E-state index >= 15 is 0 Å².